The maximum Gasteiger partial charge on any atom is 0.0660 e. The van der Waals surface area contributed by atoms with E-state index in [1.54, 1.807) is 0 Å². The second kappa shape index (κ2) is 6.38. The molecule has 1 heterocycles. The summed E-state index contributed by atoms with van der Waals surface area (Å²) in [5.41, 5.74) is 3.34. The monoisotopic (exact) mass is 428 g/mol. The molecule has 0 fully saturated rings. The van der Waals surface area contributed by atoms with Gasteiger partial charge in [0.2, 0.25) is 0 Å². The molecule has 0 aliphatic carbocycles. The lowest BCUT2D eigenvalue weighted by atomic mass is 10.1. The molecule has 5 heteroatoms. The molecule has 1 aromatic heterocycles. The number of hydrogen-bond acceptors (Lipinski definition) is 1. The quantitative estimate of drug-likeness (QED) is 0.503. The SMILES string of the molecule is Clc1ccc(Cn2cc(-c3ccc(I)cc3)cn2)cc1Cl. The maximum atomic E-state index is 6.03. The van der Waals surface area contributed by atoms with Crippen molar-refractivity contribution >= 4 is 45.8 Å². The maximum absolute atomic E-state index is 6.03. The molecule has 2 nitrogen and oxygen atoms in total. The van der Waals surface area contributed by atoms with Crippen LogP contribution in [0.25, 0.3) is 11.1 Å². The fraction of sp³-hybridized carbons (Fsp3) is 0.0625. The average Bonchev–Trinajstić information content (AvgIpc) is 2.92. The molecule has 0 unspecified atom stereocenters. The normalized spacial score (nSPS) is 10.8. The van der Waals surface area contributed by atoms with E-state index in [4.69, 9.17) is 23.2 Å². The van der Waals surface area contributed by atoms with E-state index in [0.29, 0.717) is 16.6 Å². The topological polar surface area (TPSA) is 17.8 Å². The fourth-order valence-electron chi connectivity index (χ4n) is 2.07. The zero-order valence-corrected chi connectivity index (χ0v) is 14.6. The van der Waals surface area contributed by atoms with Crippen molar-refractivity contribution in [1.82, 2.24) is 9.78 Å². The van der Waals surface area contributed by atoms with Crippen LogP contribution >= 0.6 is 45.8 Å². The largest absolute Gasteiger partial charge is 0.268 e. The lowest BCUT2D eigenvalue weighted by Gasteiger charge is -2.03. The Hall–Kier alpha value is -1.04. The summed E-state index contributed by atoms with van der Waals surface area (Å²) in [5.74, 6) is 0. The van der Waals surface area contributed by atoms with Crippen molar-refractivity contribution in [3.05, 3.63) is 74.0 Å². The van der Waals surface area contributed by atoms with Crippen LogP contribution in [-0.4, -0.2) is 9.78 Å². The van der Waals surface area contributed by atoms with Crippen molar-refractivity contribution in [2.75, 3.05) is 0 Å². The average molecular weight is 429 g/mol. The van der Waals surface area contributed by atoms with Gasteiger partial charge in [0.1, 0.15) is 0 Å². The lowest BCUT2D eigenvalue weighted by molar-refractivity contribution is 0.687. The van der Waals surface area contributed by atoms with Crippen molar-refractivity contribution in [2.24, 2.45) is 0 Å². The number of nitrogens with zero attached hydrogens (tertiary/aromatic N) is 2. The van der Waals surface area contributed by atoms with Gasteiger partial charge < -0.3 is 0 Å². The van der Waals surface area contributed by atoms with Crippen LogP contribution in [0.2, 0.25) is 10.0 Å². The van der Waals surface area contributed by atoms with E-state index in [2.05, 4.69) is 52.0 Å². The third-order valence-corrected chi connectivity index (χ3v) is 4.60. The van der Waals surface area contributed by atoms with E-state index in [1.807, 2.05) is 35.3 Å². The van der Waals surface area contributed by atoms with Crippen molar-refractivity contribution in [2.45, 2.75) is 6.54 Å². The van der Waals surface area contributed by atoms with E-state index in [1.165, 1.54) is 3.57 Å². The van der Waals surface area contributed by atoms with Crippen LogP contribution in [0.4, 0.5) is 0 Å². The van der Waals surface area contributed by atoms with Crippen molar-refractivity contribution in [3.8, 4) is 11.1 Å². The number of hydrogen-bond donors (Lipinski definition) is 0. The number of rotatable bonds is 3. The van der Waals surface area contributed by atoms with Gasteiger partial charge in [-0.25, -0.2) is 0 Å². The predicted molar refractivity (Wildman–Crippen MR) is 95.9 cm³/mol. The molecule has 0 radical (unpaired) electrons. The van der Waals surface area contributed by atoms with Gasteiger partial charge in [0, 0.05) is 15.3 Å². The standard InChI is InChI=1S/C16H11Cl2IN2/c17-15-6-1-11(7-16(15)18)9-21-10-13(8-20-21)12-2-4-14(19)5-3-12/h1-8,10H,9H2. The zero-order valence-electron chi connectivity index (χ0n) is 10.9. The molecule has 0 spiro atoms. The summed E-state index contributed by atoms with van der Waals surface area (Å²) in [7, 11) is 0. The second-order valence-corrected chi connectivity index (χ2v) is 6.74. The van der Waals surface area contributed by atoms with Gasteiger partial charge in [-0.3, -0.25) is 4.68 Å². The van der Waals surface area contributed by atoms with Crippen LogP contribution in [-0.2, 0) is 6.54 Å². The van der Waals surface area contributed by atoms with Gasteiger partial charge in [0.05, 0.1) is 22.8 Å². The highest BCUT2D eigenvalue weighted by Crippen LogP contribution is 2.24. The molecule has 0 aliphatic heterocycles. The molecule has 0 N–H and O–H groups in total. The highest BCUT2D eigenvalue weighted by atomic mass is 127. The smallest absolute Gasteiger partial charge is 0.0660 e. The van der Waals surface area contributed by atoms with Crippen LogP contribution in [0.1, 0.15) is 5.56 Å². The van der Waals surface area contributed by atoms with E-state index in [0.717, 1.165) is 16.7 Å². The molecular weight excluding hydrogens is 418 g/mol. The minimum Gasteiger partial charge on any atom is -0.268 e. The first-order valence-electron chi connectivity index (χ1n) is 6.34. The summed E-state index contributed by atoms with van der Waals surface area (Å²) in [4.78, 5) is 0. The molecule has 3 rings (SSSR count). The van der Waals surface area contributed by atoms with Gasteiger partial charge in [0.25, 0.3) is 0 Å². The molecule has 0 saturated carbocycles. The van der Waals surface area contributed by atoms with E-state index in [9.17, 15) is 0 Å². The van der Waals surface area contributed by atoms with Gasteiger partial charge >= 0.3 is 0 Å². The summed E-state index contributed by atoms with van der Waals surface area (Å²) in [6.45, 7) is 0.668. The minimum absolute atomic E-state index is 0.569. The van der Waals surface area contributed by atoms with Gasteiger partial charge in [0.15, 0.2) is 0 Å². The van der Waals surface area contributed by atoms with Crippen LogP contribution in [0.3, 0.4) is 0 Å². The van der Waals surface area contributed by atoms with Gasteiger partial charge in [-0.05, 0) is 58.0 Å². The van der Waals surface area contributed by atoms with Crippen LogP contribution < -0.4 is 0 Å². The highest BCUT2D eigenvalue weighted by molar-refractivity contribution is 14.1. The third-order valence-electron chi connectivity index (χ3n) is 3.14. The Balaban J connectivity index is 1.81. The molecule has 0 amide bonds. The molecule has 2 aromatic carbocycles. The van der Waals surface area contributed by atoms with Crippen molar-refractivity contribution in [1.29, 1.82) is 0 Å². The molecule has 3 aromatic rings. The minimum atomic E-state index is 0.569. The summed E-state index contributed by atoms with van der Waals surface area (Å²) < 4.78 is 3.12. The summed E-state index contributed by atoms with van der Waals surface area (Å²) in [6, 6.07) is 14.0. The van der Waals surface area contributed by atoms with E-state index in [-0.39, 0.29) is 0 Å². The van der Waals surface area contributed by atoms with Gasteiger partial charge in [-0.15, -0.1) is 0 Å². The molecule has 0 saturated heterocycles. The van der Waals surface area contributed by atoms with Crippen molar-refractivity contribution in [3.63, 3.8) is 0 Å². The molecular formula is C16H11Cl2IN2. The highest BCUT2D eigenvalue weighted by Gasteiger charge is 2.04. The summed E-state index contributed by atoms with van der Waals surface area (Å²) >= 11 is 14.3. The predicted octanol–water partition coefficient (Wildman–Crippen LogP) is 5.51. The molecule has 21 heavy (non-hydrogen) atoms. The second-order valence-electron chi connectivity index (χ2n) is 4.68. The number of aromatic nitrogens is 2. The van der Waals surface area contributed by atoms with Crippen LogP contribution in [0.5, 0.6) is 0 Å². The Morgan fingerprint density at radius 2 is 1.71 bits per heavy atom. The number of benzene rings is 2. The first-order valence-corrected chi connectivity index (χ1v) is 8.17. The Kier molecular flexibility index (Phi) is 4.52. The first kappa shape index (κ1) is 14.9. The number of halogens is 3. The molecule has 0 bridgehead atoms. The lowest BCUT2D eigenvalue weighted by Crippen LogP contribution is -1.99. The van der Waals surface area contributed by atoms with Crippen molar-refractivity contribution < 1.29 is 0 Å². The molecule has 0 atom stereocenters. The zero-order chi connectivity index (χ0) is 14.8. The van der Waals surface area contributed by atoms with Crippen LogP contribution in [0.15, 0.2) is 54.9 Å². The van der Waals surface area contributed by atoms with Crippen LogP contribution in [0, 0.1) is 3.57 Å². The van der Waals surface area contributed by atoms with Gasteiger partial charge in [-0.2, -0.15) is 5.10 Å². The summed E-state index contributed by atoms with van der Waals surface area (Å²) in [5, 5.41) is 5.54. The van der Waals surface area contributed by atoms with E-state index >= 15 is 0 Å². The van der Waals surface area contributed by atoms with Gasteiger partial charge in [-0.1, -0.05) is 41.4 Å². The Bertz CT molecular complexity index is 766. The van der Waals surface area contributed by atoms with E-state index < -0.39 is 0 Å². The molecule has 106 valence electrons. The fourth-order valence-corrected chi connectivity index (χ4v) is 2.75. The Morgan fingerprint density at radius 1 is 0.952 bits per heavy atom. The molecule has 0 aliphatic rings. The summed E-state index contributed by atoms with van der Waals surface area (Å²) in [6.07, 6.45) is 3.91. The third kappa shape index (κ3) is 3.59. The Labute approximate surface area is 146 Å². The first-order chi connectivity index (χ1) is 10.1. The Morgan fingerprint density at radius 3 is 2.43 bits per heavy atom.